The first-order valence-corrected chi connectivity index (χ1v) is 7.22. The summed E-state index contributed by atoms with van der Waals surface area (Å²) in [6.45, 7) is 8.14. The quantitative estimate of drug-likeness (QED) is 0.729. The predicted molar refractivity (Wildman–Crippen MR) is 72.3 cm³/mol. The molecule has 94 valence electrons. The third-order valence-corrected chi connectivity index (χ3v) is 3.38. The highest BCUT2D eigenvalue weighted by Crippen LogP contribution is 2.13. The fourth-order valence-corrected chi connectivity index (χ4v) is 2.59. The van der Waals surface area contributed by atoms with Crippen LogP contribution in [0.5, 0.6) is 0 Å². The lowest BCUT2D eigenvalue weighted by molar-refractivity contribution is 0.0764. The molecule has 0 radical (unpaired) electrons. The van der Waals surface area contributed by atoms with Gasteiger partial charge in [-0.05, 0) is 40.0 Å². The highest BCUT2D eigenvalue weighted by Gasteiger charge is 2.12. The molecule has 1 atom stereocenters. The molecule has 0 aromatic rings. The van der Waals surface area contributed by atoms with Crippen molar-refractivity contribution in [2.75, 3.05) is 18.9 Å². The first kappa shape index (κ1) is 13.8. The fraction of sp³-hybridized carbons (Fsp3) is 0.917. The summed E-state index contributed by atoms with van der Waals surface area (Å²) >= 11 is 1.84. The van der Waals surface area contributed by atoms with Gasteiger partial charge in [0.1, 0.15) is 0 Å². The van der Waals surface area contributed by atoms with Crippen LogP contribution in [-0.2, 0) is 4.74 Å². The van der Waals surface area contributed by atoms with Crippen LogP contribution in [0.25, 0.3) is 0 Å². The van der Waals surface area contributed by atoms with E-state index in [2.05, 4.69) is 31.1 Å². The molecule has 1 rings (SSSR count). The smallest absolute Gasteiger partial charge is 0.156 e. The molecule has 1 saturated heterocycles. The third-order valence-electron chi connectivity index (χ3n) is 2.42. The number of rotatable bonds is 6. The summed E-state index contributed by atoms with van der Waals surface area (Å²) in [5.41, 5.74) is 0. The number of nitrogens with one attached hydrogen (secondary N) is 1. The fourth-order valence-electron chi connectivity index (χ4n) is 1.46. The van der Waals surface area contributed by atoms with Gasteiger partial charge in [-0.25, -0.2) is 0 Å². The Bertz CT molecular complexity index is 219. The Morgan fingerprint density at radius 2 is 2.31 bits per heavy atom. The van der Waals surface area contributed by atoms with Crippen molar-refractivity contribution in [3.05, 3.63) is 0 Å². The monoisotopic (exact) mass is 244 g/mol. The van der Waals surface area contributed by atoms with Crippen molar-refractivity contribution in [2.24, 2.45) is 4.99 Å². The zero-order chi connectivity index (χ0) is 11.8. The van der Waals surface area contributed by atoms with Crippen LogP contribution < -0.4 is 5.32 Å². The number of thioether (sulfide) groups is 1. The van der Waals surface area contributed by atoms with Crippen molar-refractivity contribution in [1.29, 1.82) is 0 Å². The Morgan fingerprint density at radius 3 is 3.00 bits per heavy atom. The van der Waals surface area contributed by atoms with Crippen LogP contribution in [0.2, 0.25) is 0 Å². The number of nitrogens with zero attached hydrogens (tertiary/aromatic N) is 1. The minimum atomic E-state index is 0.350. The van der Waals surface area contributed by atoms with Gasteiger partial charge in [0.25, 0.3) is 0 Å². The molecular weight excluding hydrogens is 220 g/mol. The molecule has 1 unspecified atom stereocenters. The van der Waals surface area contributed by atoms with E-state index in [0.717, 1.165) is 31.2 Å². The highest BCUT2D eigenvalue weighted by atomic mass is 32.2. The molecule has 1 aliphatic rings. The van der Waals surface area contributed by atoms with Crippen LogP contribution in [0.3, 0.4) is 0 Å². The molecule has 0 aromatic carbocycles. The Balaban J connectivity index is 2.03. The van der Waals surface area contributed by atoms with E-state index in [4.69, 9.17) is 4.74 Å². The number of ether oxygens (including phenoxy) is 1. The zero-order valence-electron chi connectivity index (χ0n) is 10.7. The van der Waals surface area contributed by atoms with Crippen molar-refractivity contribution in [3.63, 3.8) is 0 Å². The van der Waals surface area contributed by atoms with Gasteiger partial charge in [-0.3, -0.25) is 4.99 Å². The van der Waals surface area contributed by atoms with Crippen LogP contribution in [0.1, 0.15) is 40.0 Å². The van der Waals surface area contributed by atoms with E-state index < -0.39 is 0 Å². The van der Waals surface area contributed by atoms with E-state index in [0.29, 0.717) is 12.1 Å². The maximum atomic E-state index is 5.48. The molecule has 1 N–H and O–H groups in total. The van der Waals surface area contributed by atoms with E-state index in [-0.39, 0.29) is 0 Å². The Hall–Kier alpha value is -0.220. The van der Waals surface area contributed by atoms with Gasteiger partial charge in [-0.1, -0.05) is 11.8 Å². The topological polar surface area (TPSA) is 33.6 Å². The van der Waals surface area contributed by atoms with Gasteiger partial charge >= 0.3 is 0 Å². The Labute approximate surface area is 103 Å². The molecule has 0 aliphatic carbocycles. The van der Waals surface area contributed by atoms with Crippen molar-refractivity contribution >= 4 is 16.9 Å². The molecule has 4 heteroatoms. The van der Waals surface area contributed by atoms with E-state index in [1.54, 1.807) is 0 Å². The van der Waals surface area contributed by atoms with Crippen molar-refractivity contribution in [3.8, 4) is 0 Å². The summed E-state index contributed by atoms with van der Waals surface area (Å²) in [6.07, 6.45) is 3.82. The molecule has 1 aliphatic heterocycles. The van der Waals surface area contributed by atoms with E-state index >= 15 is 0 Å². The standard InChI is InChI=1S/C12H24N2OS/c1-10(2)15-8-5-4-7-13-12-14-11(3)6-9-16-12/h10-11H,4-9H2,1-3H3,(H,13,14). The average molecular weight is 244 g/mol. The normalized spacial score (nSPS) is 23.8. The summed E-state index contributed by atoms with van der Waals surface area (Å²) in [5.74, 6) is 1.20. The van der Waals surface area contributed by atoms with Crippen molar-refractivity contribution in [2.45, 2.75) is 52.2 Å². The van der Waals surface area contributed by atoms with E-state index in [1.807, 2.05) is 11.8 Å². The van der Waals surface area contributed by atoms with Gasteiger partial charge in [0.2, 0.25) is 0 Å². The predicted octanol–water partition coefficient (Wildman–Crippen LogP) is 2.66. The van der Waals surface area contributed by atoms with Gasteiger partial charge in [0.15, 0.2) is 5.17 Å². The molecule has 3 nitrogen and oxygen atoms in total. The number of hydrogen-bond acceptors (Lipinski definition) is 3. The first-order chi connectivity index (χ1) is 7.68. The Morgan fingerprint density at radius 1 is 1.50 bits per heavy atom. The van der Waals surface area contributed by atoms with Crippen LogP contribution in [0.15, 0.2) is 4.99 Å². The minimum Gasteiger partial charge on any atom is -0.379 e. The molecule has 1 heterocycles. The molecule has 0 bridgehead atoms. The Kier molecular flexibility index (Phi) is 6.88. The molecule has 0 spiro atoms. The summed E-state index contributed by atoms with van der Waals surface area (Å²) in [5, 5.41) is 4.54. The summed E-state index contributed by atoms with van der Waals surface area (Å²) in [6, 6.07) is 0.587. The van der Waals surface area contributed by atoms with Crippen LogP contribution in [-0.4, -0.2) is 36.2 Å². The summed E-state index contributed by atoms with van der Waals surface area (Å²) in [7, 11) is 0. The highest BCUT2D eigenvalue weighted by molar-refractivity contribution is 8.13. The second kappa shape index (κ2) is 7.96. The third kappa shape index (κ3) is 6.38. The largest absolute Gasteiger partial charge is 0.379 e. The second-order valence-electron chi connectivity index (χ2n) is 4.50. The van der Waals surface area contributed by atoms with Gasteiger partial charge in [-0.15, -0.1) is 0 Å². The number of aliphatic imine (C=N–C) groups is 1. The second-order valence-corrected chi connectivity index (χ2v) is 5.58. The van der Waals surface area contributed by atoms with Crippen molar-refractivity contribution in [1.82, 2.24) is 5.32 Å². The number of amidine groups is 1. The minimum absolute atomic E-state index is 0.350. The molecular formula is C12H24N2OS. The maximum absolute atomic E-state index is 5.48. The SMILES string of the molecule is CC1CCSC(=NCCCCOC(C)C)N1. The molecule has 1 fully saturated rings. The van der Waals surface area contributed by atoms with E-state index in [9.17, 15) is 0 Å². The molecule has 16 heavy (non-hydrogen) atoms. The summed E-state index contributed by atoms with van der Waals surface area (Å²) < 4.78 is 5.48. The van der Waals surface area contributed by atoms with Gasteiger partial charge < -0.3 is 10.1 Å². The van der Waals surface area contributed by atoms with E-state index in [1.165, 1.54) is 12.2 Å². The van der Waals surface area contributed by atoms with Crippen molar-refractivity contribution < 1.29 is 4.74 Å². The first-order valence-electron chi connectivity index (χ1n) is 6.24. The van der Waals surface area contributed by atoms with Gasteiger partial charge in [0, 0.05) is 24.9 Å². The lowest BCUT2D eigenvalue weighted by Crippen LogP contribution is -2.35. The summed E-state index contributed by atoms with van der Waals surface area (Å²) in [4.78, 5) is 4.56. The lowest BCUT2D eigenvalue weighted by atomic mass is 10.3. The zero-order valence-corrected chi connectivity index (χ0v) is 11.5. The number of unbranched alkanes of at least 4 members (excludes halogenated alkanes) is 1. The molecule has 0 aromatic heterocycles. The van der Waals surface area contributed by atoms with Crippen LogP contribution >= 0.6 is 11.8 Å². The maximum Gasteiger partial charge on any atom is 0.156 e. The van der Waals surface area contributed by atoms with Crippen LogP contribution in [0, 0.1) is 0 Å². The van der Waals surface area contributed by atoms with Crippen LogP contribution in [0.4, 0.5) is 0 Å². The molecule has 0 saturated carbocycles. The molecule has 0 amide bonds. The van der Waals surface area contributed by atoms with Gasteiger partial charge in [-0.2, -0.15) is 0 Å². The lowest BCUT2D eigenvalue weighted by Gasteiger charge is -2.21. The average Bonchev–Trinajstić information content (AvgIpc) is 2.23. The number of hydrogen-bond donors (Lipinski definition) is 1. The van der Waals surface area contributed by atoms with Gasteiger partial charge in [0.05, 0.1) is 6.10 Å².